The maximum Gasteiger partial charge on any atom is -0.0287 e. The third-order valence-corrected chi connectivity index (χ3v) is 6.26. The van der Waals surface area contributed by atoms with Gasteiger partial charge in [-0.2, -0.15) is 0 Å². The van der Waals surface area contributed by atoms with Gasteiger partial charge < -0.3 is 0 Å². The van der Waals surface area contributed by atoms with E-state index >= 15 is 0 Å². The van der Waals surface area contributed by atoms with Crippen LogP contribution in [0.1, 0.15) is 80.6 Å². The molecule has 0 nitrogen and oxygen atoms in total. The standard InChI is InChI=1S/C16H28.C2H6/c1-11-6-15(4)10-16(5,7-11)13-9-14(2,3)8-12(13)15;1-2/h11-13H,6-10H2,1-5H3;1-2H3. The Hall–Kier alpha value is 0. The van der Waals surface area contributed by atoms with Gasteiger partial charge in [-0.15, -0.1) is 0 Å². The number of fused-ring (bicyclic) bond motifs is 5. The van der Waals surface area contributed by atoms with Crippen LogP contribution >= 0.6 is 0 Å². The van der Waals surface area contributed by atoms with Gasteiger partial charge >= 0.3 is 0 Å². The molecule has 0 aromatic heterocycles. The van der Waals surface area contributed by atoms with E-state index < -0.39 is 0 Å². The number of rotatable bonds is 0. The third kappa shape index (κ3) is 2.04. The van der Waals surface area contributed by atoms with Crippen LogP contribution in [-0.4, -0.2) is 0 Å². The molecule has 2 bridgehead atoms. The first-order valence-electron chi connectivity index (χ1n) is 8.24. The highest BCUT2D eigenvalue weighted by Crippen LogP contribution is 2.72. The Labute approximate surface area is 115 Å². The van der Waals surface area contributed by atoms with Crippen LogP contribution in [-0.2, 0) is 0 Å². The van der Waals surface area contributed by atoms with E-state index in [0.717, 1.165) is 17.8 Å². The van der Waals surface area contributed by atoms with Gasteiger partial charge in [-0.25, -0.2) is 0 Å². The highest BCUT2D eigenvalue weighted by Gasteiger charge is 2.63. The predicted octanol–water partition coefficient (Wildman–Crippen LogP) is 5.91. The Kier molecular flexibility index (Phi) is 3.40. The first-order valence-corrected chi connectivity index (χ1v) is 8.24. The molecule has 0 aliphatic heterocycles. The molecule has 3 aliphatic rings. The summed E-state index contributed by atoms with van der Waals surface area (Å²) in [6, 6.07) is 0. The van der Waals surface area contributed by atoms with Crippen LogP contribution in [0.25, 0.3) is 0 Å². The second-order valence-corrected chi connectivity index (χ2v) is 8.78. The first-order chi connectivity index (χ1) is 8.24. The van der Waals surface area contributed by atoms with Crippen molar-refractivity contribution in [1.82, 2.24) is 0 Å². The summed E-state index contributed by atoms with van der Waals surface area (Å²) in [5, 5.41) is 0. The van der Waals surface area contributed by atoms with Gasteiger partial charge in [0.2, 0.25) is 0 Å². The third-order valence-electron chi connectivity index (χ3n) is 6.26. The normalized spacial score (nSPS) is 52.5. The van der Waals surface area contributed by atoms with Crippen molar-refractivity contribution in [3.63, 3.8) is 0 Å². The van der Waals surface area contributed by atoms with Crippen LogP contribution in [0.5, 0.6) is 0 Å². The Morgan fingerprint density at radius 3 is 1.50 bits per heavy atom. The van der Waals surface area contributed by atoms with Gasteiger partial charge in [-0.05, 0) is 66.1 Å². The van der Waals surface area contributed by atoms with E-state index in [2.05, 4.69) is 34.6 Å². The molecule has 0 amide bonds. The van der Waals surface area contributed by atoms with Crippen molar-refractivity contribution in [3.8, 4) is 0 Å². The van der Waals surface area contributed by atoms with Crippen molar-refractivity contribution in [2.75, 3.05) is 0 Å². The van der Waals surface area contributed by atoms with Gasteiger partial charge in [-0.3, -0.25) is 0 Å². The summed E-state index contributed by atoms with van der Waals surface area (Å²) < 4.78 is 0. The molecule has 3 saturated carbocycles. The maximum absolute atomic E-state index is 2.60. The molecular weight excluding hydrogens is 216 g/mol. The predicted molar refractivity (Wildman–Crippen MR) is 80.6 cm³/mol. The highest BCUT2D eigenvalue weighted by molar-refractivity contribution is 5.12. The van der Waals surface area contributed by atoms with Crippen LogP contribution in [0.4, 0.5) is 0 Å². The van der Waals surface area contributed by atoms with Crippen LogP contribution in [0, 0.1) is 34.0 Å². The first kappa shape index (κ1) is 14.4. The van der Waals surface area contributed by atoms with Crippen molar-refractivity contribution in [3.05, 3.63) is 0 Å². The van der Waals surface area contributed by atoms with E-state index in [9.17, 15) is 0 Å². The monoisotopic (exact) mass is 250 g/mol. The second kappa shape index (κ2) is 4.25. The largest absolute Gasteiger partial charge is 0.0683 e. The number of hydrogen-bond acceptors (Lipinski definition) is 0. The molecule has 0 radical (unpaired) electrons. The Bertz CT molecular complexity index is 288. The summed E-state index contributed by atoms with van der Waals surface area (Å²) in [6.07, 6.45) is 7.52. The highest BCUT2D eigenvalue weighted by atomic mass is 14.7. The molecule has 3 fully saturated rings. The van der Waals surface area contributed by atoms with E-state index in [4.69, 9.17) is 0 Å². The fourth-order valence-electron chi connectivity index (χ4n) is 6.32. The molecule has 0 aromatic carbocycles. The van der Waals surface area contributed by atoms with Crippen molar-refractivity contribution >= 4 is 0 Å². The Morgan fingerprint density at radius 2 is 1.11 bits per heavy atom. The molecule has 106 valence electrons. The minimum Gasteiger partial charge on any atom is -0.0683 e. The average Bonchev–Trinajstić information content (AvgIpc) is 2.62. The van der Waals surface area contributed by atoms with E-state index in [1.807, 2.05) is 13.8 Å². The zero-order chi connectivity index (χ0) is 13.8. The average molecular weight is 250 g/mol. The lowest BCUT2D eigenvalue weighted by molar-refractivity contribution is 0.0777. The van der Waals surface area contributed by atoms with Gasteiger partial charge in [0.05, 0.1) is 0 Å². The molecule has 4 atom stereocenters. The zero-order valence-corrected chi connectivity index (χ0v) is 13.8. The quantitative estimate of drug-likeness (QED) is 0.501. The molecule has 0 spiro atoms. The van der Waals surface area contributed by atoms with Crippen molar-refractivity contribution in [2.24, 2.45) is 34.0 Å². The molecule has 3 aliphatic carbocycles. The summed E-state index contributed by atoms with van der Waals surface area (Å²) in [4.78, 5) is 0. The molecule has 0 heteroatoms. The smallest absolute Gasteiger partial charge is 0.0287 e. The summed E-state index contributed by atoms with van der Waals surface area (Å²) >= 11 is 0. The SMILES string of the molecule is CC.CC1CC2(C)CC(C)(C1)C1CC(C)(C)CC12. The topological polar surface area (TPSA) is 0 Å². The Morgan fingerprint density at radius 1 is 0.722 bits per heavy atom. The fraction of sp³-hybridized carbons (Fsp3) is 1.00. The summed E-state index contributed by atoms with van der Waals surface area (Å²) in [7, 11) is 0. The lowest BCUT2D eigenvalue weighted by atomic mass is 9.62. The van der Waals surface area contributed by atoms with Gasteiger partial charge in [-0.1, -0.05) is 48.5 Å². The summed E-state index contributed by atoms with van der Waals surface area (Å²) in [5.74, 6) is 3.05. The van der Waals surface area contributed by atoms with Gasteiger partial charge in [0, 0.05) is 0 Å². The summed E-state index contributed by atoms with van der Waals surface area (Å²) in [6.45, 7) is 16.7. The molecule has 4 unspecified atom stereocenters. The van der Waals surface area contributed by atoms with E-state index in [-0.39, 0.29) is 0 Å². The maximum atomic E-state index is 2.60. The Balaban J connectivity index is 0.000000574. The van der Waals surface area contributed by atoms with Crippen molar-refractivity contribution in [2.45, 2.75) is 80.6 Å². The van der Waals surface area contributed by atoms with E-state index in [1.165, 1.54) is 32.1 Å². The fourth-order valence-corrected chi connectivity index (χ4v) is 6.32. The zero-order valence-electron chi connectivity index (χ0n) is 13.8. The summed E-state index contributed by atoms with van der Waals surface area (Å²) in [5.41, 5.74) is 1.99. The lowest BCUT2D eigenvalue weighted by Crippen LogP contribution is -2.32. The van der Waals surface area contributed by atoms with Crippen LogP contribution in [0.15, 0.2) is 0 Å². The van der Waals surface area contributed by atoms with Gasteiger partial charge in [0.1, 0.15) is 0 Å². The van der Waals surface area contributed by atoms with Crippen LogP contribution in [0.3, 0.4) is 0 Å². The molecule has 18 heavy (non-hydrogen) atoms. The van der Waals surface area contributed by atoms with Gasteiger partial charge in [0.15, 0.2) is 0 Å². The molecule has 0 heterocycles. The van der Waals surface area contributed by atoms with Crippen LogP contribution < -0.4 is 0 Å². The molecule has 3 rings (SSSR count). The lowest BCUT2D eigenvalue weighted by Gasteiger charge is -2.43. The van der Waals surface area contributed by atoms with Crippen LogP contribution in [0.2, 0.25) is 0 Å². The second-order valence-electron chi connectivity index (χ2n) is 8.78. The van der Waals surface area contributed by atoms with Crippen molar-refractivity contribution < 1.29 is 0 Å². The van der Waals surface area contributed by atoms with Crippen molar-refractivity contribution in [1.29, 1.82) is 0 Å². The minimum absolute atomic E-state index is 0.624. The molecule has 0 saturated heterocycles. The van der Waals surface area contributed by atoms with E-state index in [0.29, 0.717) is 16.2 Å². The molecule has 0 aromatic rings. The molecule has 0 N–H and O–H groups in total. The minimum atomic E-state index is 0.624. The number of hydrogen-bond donors (Lipinski definition) is 0. The molecular formula is C18H34. The van der Waals surface area contributed by atoms with E-state index in [1.54, 1.807) is 0 Å². The van der Waals surface area contributed by atoms with Gasteiger partial charge in [0.25, 0.3) is 0 Å².